The van der Waals surface area contributed by atoms with Crippen molar-refractivity contribution in [2.75, 3.05) is 13.1 Å². The van der Waals surface area contributed by atoms with E-state index in [9.17, 15) is 18.0 Å². The number of nitrogens with zero attached hydrogens (tertiary/aromatic N) is 2. The first-order chi connectivity index (χ1) is 9.73. The predicted octanol–water partition coefficient (Wildman–Crippen LogP) is -0.391. The monoisotopic (exact) mass is 315 g/mol. The fraction of sp³-hybridized carbons (Fsp3) is 0.500. The van der Waals surface area contributed by atoms with Crippen molar-refractivity contribution < 1.29 is 23.1 Å². The molecule has 1 amide bonds. The second-order valence-electron chi connectivity index (χ2n) is 5.08. The fourth-order valence-corrected chi connectivity index (χ4v) is 4.03. The van der Waals surface area contributed by atoms with Gasteiger partial charge in [-0.3, -0.25) is 9.59 Å². The molecule has 1 saturated heterocycles. The Bertz CT molecular complexity index is 679. The summed E-state index contributed by atoms with van der Waals surface area (Å²) >= 11 is 0. The summed E-state index contributed by atoms with van der Waals surface area (Å²) in [6, 6.07) is 1.21. The fourth-order valence-electron chi connectivity index (χ4n) is 2.43. The molecular weight excluding hydrogens is 298 g/mol. The number of hydrogen-bond donors (Lipinski definition) is 2. The van der Waals surface area contributed by atoms with Gasteiger partial charge in [-0.1, -0.05) is 0 Å². The third kappa shape index (κ3) is 2.93. The van der Waals surface area contributed by atoms with E-state index >= 15 is 0 Å². The number of aliphatic carboxylic acids is 1. The summed E-state index contributed by atoms with van der Waals surface area (Å²) in [5.74, 6) is -2.42. The SMILES string of the molecule is Cn1cc(S(=O)(=O)N2CCC[C@H](C(=O)O)C2)cc1C(N)=O. The number of carboxylic acid groups (broad SMARTS) is 1. The molecule has 1 aromatic rings. The number of carbonyl (C=O) groups is 2. The highest BCUT2D eigenvalue weighted by Gasteiger charge is 2.34. The summed E-state index contributed by atoms with van der Waals surface area (Å²) in [6.07, 6.45) is 2.26. The van der Waals surface area contributed by atoms with Crippen LogP contribution in [0.2, 0.25) is 0 Å². The Morgan fingerprint density at radius 3 is 2.62 bits per heavy atom. The van der Waals surface area contributed by atoms with Gasteiger partial charge < -0.3 is 15.4 Å². The molecule has 0 bridgehead atoms. The predicted molar refractivity (Wildman–Crippen MR) is 73.0 cm³/mol. The van der Waals surface area contributed by atoms with E-state index in [0.717, 1.165) is 4.31 Å². The van der Waals surface area contributed by atoms with E-state index in [4.69, 9.17) is 10.8 Å². The average molecular weight is 315 g/mol. The van der Waals surface area contributed by atoms with E-state index in [-0.39, 0.29) is 23.7 Å². The largest absolute Gasteiger partial charge is 0.481 e. The summed E-state index contributed by atoms with van der Waals surface area (Å²) in [5, 5.41) is 9.03. The Balaban J connectivity index is 2.31. The maximum Gasteiger partial charge on any atom is 0.307 e. The normalized spacial score (nSPS) is 20.3. The van der Waals surface area contributed by atoms with Crippen LogP contribution in [0.5, 0.6) is 0 Å². The first-order valence-electron chi connectivity index (χ1n) is 6.42. The first-order valence-corrected chi connectivity index (χ1v) is 7.86. The number of sulfonamides is 1. The lowest BCUT2D eigenvalue weighted by Gasteiger charge is -2.29. The highest BCUT2D eigenvalue weighted by atomic mass is 32.2. The first kappa shape index (κ1) is 15.5. The van der Waals surface area contributed by atoms with Crippen LogP contribution in [0.1, 0.15) is 23.3 Å². The number of amides is 1. The number of carbonyl (C=O) groups excluding carboxylic acids is 1. The number of aryl methyl sites for hydroxylation is 1. The van der Waals surface area contributed by atoms with Gasteiger partial charge >= 0.3 is 5.97 Å². The topological polar surface area (TPSA) is 123 Å². The minimum Gasteiger partial charge on any atom is -0.481 e. The molecule has 1 aromatic heterocycles. The molecule has 1 fully saturated rings. The van der Waals surface area contributed by atoms with Crippen molar-refractivity contribution in [2.45, 2.75) is 17.7 Å². The third-order valence-corrected chi connectivity index (χ3v) is 5.43. The number of rotatable bonds is 4. The zero-order valence-corrected chi connectivity index (χ0v) is 12.3. The molecule has 8 nitrogen and oxygen atoms in total. The van der Waals surface area contributed by atoms with E-state index in [0.29, 0.717) is 12.8 Å². The van der Waals surface area contributed by atoms with Crippen molar-refractivity contribution in [1.29, 1.82) is 0 Å². The molecule has 116 valence electrons. The van der Waals surface area contributed by atoms with Gasteiger partial charge in [-0.2, -0.15) is 4.31 Å². The van der Waals surface area contributed by atoms with Crippen LogP contribution in [0, 0.1) is 5.92 Å². The van der Waals surface area contributed by atoms with Crippen molar-refractivity contribution in [3.05, 3.63) is 18.0 Å². The van der Waals surface area contributed by atoms with Gasteiger partial charge in [0.1, 0.15) is 10.6 Å². The Morgan fingerprint density at radius 2 is 2.10 bits per heavy atom. The molecule has 0 aromatic carbocycles. The molecule has 0 unspecified atom stereocenters. The molecule has 0 radical (unpaired) electrons. The van der Waals surface area contributed by atoms with Crippen LogP contribution in [0.15, 0.2) is 17.2 Å². The summed E-state index contributed by atoms with van der Waals surface area (Å²) in [6.45, 7) is 0.214. The van der Waals surface area contributed by atoms with Gasteiger partial charge in [0.15, 0.2) is 0 Å². The molecule has 0 saturated carbocycles. The Kier molecular flexibility index (Phi) is 4.06. The second kappa shape index (κ2) is 5.49. The van der Waals surface area contributed by atoms with Crippen molar-refractivity contribution in [1.82, 2.24) is 8.87 Å². The Labute approximate surface area is 122 Å². The van der Waals surface area contributed by atoms with Crippen LogP contribution in [-0.4, -0.2) is 47.4 Å². The lowest BCUT2D eigenvalue weighted by atomic mass is 10.0. The second-order valence-corrected chi connectivity index (χ2v) is 7.01. The van der Waals surface area contributed by atoms with Crippen LogP contribution in [0.3, 0.4) is 0 Å². The van der Waals surface area contributed by atoms with E-state index in [1.165, 1.54) is 23.9 Å². The lowest BCUT2D eigenvalue weighted by Crippen LogP contribution is -2.42. The molecule has 0 spiro atoms. The molecule has 1 aliphatic heterocycles. The van der Waals surface area contributed by atoms with Gasteiger partial charge in [-0.25, -0.2) is 8.42 Å². The highest BCUT2D eigenvalue weighted by Crippen LogP contribution is 2.25. The molecule has 9 heteroatoms. The van der Waals surface area contributed by atoms with Crippen LogP contribution < -0.4 is 5.73 Å². The molecule has 2 heterocycles. The van der Waals surface area contributed by atoms with Crippen molar-refractivity contribution in [3.8, 4) is 0 Å². The zero-order chi connectivity index (χ0) is 15.8. The maximum absolute atomic E-state index is 12.5. The molecule has 3 N–H and O–H groups in total. The van der Waals surface area contributed by atoms with E-state index < -0.39 is 27.8 Å². The minimum atomic E-state index is -3.82. The number of piperidine rings is 1. The number of nitrogens with two attached hydrogens (primary N) is 1. The van der Waals surface area contributed by atoms with E-state index in [1.54, 1.807) is 0 Å². The van der Waals surface area contributed by atoms with Crippen molar-refractivity contribution in [2.24, 2.45) is 18.7 Å². The van der Waals surface area contributed by atoms with E-state index in [2.05, 4.69) is 0 Å². The van der Waals surface area contributed by atoms with Crippen LogP contribution in [0.4, 0.5) is 0 Å². The van der Waals surface area contributed by atoms with Gasteiger partial charge in [-0.15, -0.1) is 0 Å². The quantitative estimate of drug-likeness (QED) is 0.783. The maximum atomic E-state index is 12.5. The van der Waals surface area contributed by atoms with Gasteiger partial charge in [-0.05, 0) is 18.9 Å². The van der Waals surface area contributed by atoms with Crippen molar-refractivity contribution in [3.63, 3.8) is 0 Å². The summed E-state index contributed by atoms with van der Waals surface area (Å²) in [7, 11) is -2.30. The van der Waals surface area contributed by atoms with Gasteiger partial charge in [0.25, 0.3) is 5.91 Å². The summed E-state index contributed by atoms with van der Waals surface area (Å²) < 4.78 is 27.5. The Morgan fingerprint density at radius 1 is 1.43 bits per heavy atom. The zero-order valence-electron chi connectivity index (χ0n) is 11.5. The van der Waals surface area contributed by atoms with Gasteiger partial charge in [0, 0.05) is 26.3 Å². The van der Waals surface area contributed by atoms with Gasteiger partial charge in [0.05, 0.1) is 5.92 Å². The molecule has 1 atom stereocenters. The Hall–Kier alpha value is -1.87. The third-order valence-electron chi connectivity index (χ3n) is 3.60. The average Bonchev–Trinajstić information content (AvgIpc) is 2.82. The van der Waals surface area contributed by atoms with Crippen molar-refractivity contribution >= 4 is 21.9 Å². The molecule has 0 aliphatic carbocycles. The molecular formula is C12H17N3O5S. The van der Waals surface area contributed by atoms with Crippen LogP contribution in [0.25, 0.3) is 0 Å². The standard InChI is InChI=1S/C12H17N3O5S/c1-14-7-9(5-10(14)11(13)16)21(19,20)15-4-2-3-8(6-15)12(17)18/h5,7-8H,2-4,6H2,1H3,(H2,13,16)(H,17,18)/t8-/m0/s1. The highest BCUT2D eigenvalue weighted by molar-refractivity contribution is 7.89. The van der Waals surface area contributed by atoms with Crippen LogP contribution in [-0.2, 0) is 21.9 Å². The summed E-state index contributed by atoms with van der Waals surface area (Å²) in [5.41, 5.74) is 5.25. The minimum absolute atomic E-state index is 0.0511. The summed E-state index contributed by atoms with van der Waals surface area (Å²) in [4.78, 5) is 22.2. The smallest absolute Gasteiger partial charge is 0.307 e. The lowest BCUT2D eigenvalue weighted by molar-refractivity contribution is -0.142. The molecule has 2 rings (SSSR count). The van der Waals surface area contributed by atoms with Crippen LogP contribution >= 0.6 is 0 Å². The number of hydrogen-bond acceptors (Lipinski definition) is 4. The molecule has 1 aliphatic rings. The number of carboxylic acids is 1. The van der Waals surface area contributed by atoms with Gasteiger partial charge in [0.2, 0.25) is 10.0 Å². The van der Waals surface area contributed by atoms with E-state index in [1.807, 2.05) is 0 Å². The number of aromatic nitrogens is 1. The number of primary amides is 1. The molecule has 21 heavy (non-hydrogen) atoms.